The molecule has 0 aliphatic carbocycles. The summed E-state index contributed by atoms with van der Waals surface area (Å²) in [7, 11) is 0. The van der Waals surface area contributed by atoms with Crippen LogP contribution in [0.15, 0.2) is 59.7 Å². The van der Waals surface area contributed by atoms with Crippen molar-refractivity contribution in [3.05, 3.63) is 65.7 Å². The lowest BCUT2D eigenvalue weighted by molar-refractivity contribution is 0.306. The number of hydrogen-bond acceptors (Lipinski definition) is 3. The monoisotopic (exact) mass is 327 g/mol. The van der Waals surface area contributed by atoms with Crippen LogP contribution in [0.25, 0.3) is 0 Å². The first-order chi connectivity index (χ1) is 11.1. The van der Waals surface area contributed by atoms with E-state index in [1.54, 1.807) is 6.21 Å². The molecule has 0 amide bonds. The van der Waals surface area contributed by atoms with E-state index < -0.39 is 0 Å². The molecule has 5 heteroatoms. The predicted octanol–water partition coefficient (Wildman–Crippen LogP) is 3.47. The van der Waals surface area contributed by atoms with Gasteiger partial charge in [-0.2, -0.15) is 5.10 Å². The molecule has 0 bridgehead atoms. The van der Waals surface area contributed by atoms with Crippen LogP contribution < -0.4 is 15.5 Å². The van der Waals surface area contributed by atoms with Crippen molar-refractivity contribution >= 4 is 23.5 Å². The van der Waals surface area contributed by atoms with Crippen molar-refractivity contribution in [1.82, 2.24) is 10.7 Å². The van der Waals surface area contributed by atoms with Crippen LogP contribution >= 0.6 is 12.2 Å². The van der Waals surface area contributed by atoms with Crippen molar-refractivity contribution in [1.29, 1.82) is 0 Å². The van der Waals surface area contributed by atoms with Crippen molar-refractivity contribution in [2.45, 2.75) is 26.5 Å². The van der Waals surface area contributed by atoms with Gasteiger partial charge in [-0.1, -0.05) is 42.5 Å². The van der Waals surface area contributed by atoms with Crippen LogP contribution in [-0.4, -0.2) is 17.4 Å². The number of ether oxygens (including phenoxy) is 1. The van der Waals surface area contributed by atoms with Crippen LogP contribution in [0.2, 0.25) is 0 Å². The molecule has 0 radical (unpaired) electrons. The zero-order valence-electron chi connectivity index (χ0n) is 13.3. The Kier molecular flexibility index (Phi) is 6.56. The minimum absolute atomic E-state index is 0.270. The van der Waals surface area contributed by atoms with E-state index in [1.807, 2.05) is 68.4 Å². The third-order valence-corrected chi connectivity index (χ3v) is 3.15. The summed E-state index contributed by atoms with van der Waals surface area (Å²) >= 11 is 5.13. The Hall–Kier alpha value is -2.40. The highest BCUT2D eigenvalue weighted by atomic mass is 32.1. The van der Waals surface area contributed by atoms with Gasteiger partial charge in [0, 0.05) is 11.6 Å². The molecule has 23 heavy (non-hydrogen) atoms. The molecule has 0 aliphatic heterocycles. The lowest BCUT2D eigenvalue weighted by atomic mass is 10.2. The van der Waals surface area contributed by atoms with Gasteiger partial charge in [-0.25, -0.2) is 0 Å². The first-order valence-electron chi connectivity index (χ1n) is 7.50. The van der Waals surface area contributed by atoms with Crippen molar-refractivity contribution in [3.8, 4) is 5.75 Å². The maximum absolute atomic E-state index is 5.88. The molecule has 2 aromatic rings. The van der Waals surface area contributed by atoms with Gasteiger partial charge in [-0.05, 0) is 43.8 Å². The second kappa shape index (κ2) is 8.90. The number of nitrogens with zero attached hydrogens (tertiary/aromatic N) is 1. The molecular formula is C18H21N3OS. The molecule has 0 spiro atoms. The number of nitrogens with one attached hydrogen (secondary N) is 2. The minimum atomic E-state index is 0.270. The highest BCUT2D eigenvalue weighted by molar-refractivity contribution is 7.80. The van der Waals surface area contributed by atoms with E-state index >= 15 is 0 Å². The lowest BCUT2D eigenvalue weighted by Gasteiger charge is -2.10. The summed E-state index contributed by atoms with van der Waals surface area (Å²) in [5.74, 6) is 0.782. The van der Waals surface area contributed by atoms with Gasteiger partial charge >= 0.3 is 0 Å². The Morgan fingerprint density at radius 2 is 1.83 bits per heavy atom. The van der Waals surface area contributed by atoms with Gasteiger partial charge in [0.25, 0.3) is 0 Å². The number of benzene rings is 2. The van der Waals surface area contributed by atoms with Crippen LogP contribution in [0.1, 0.15) is 25.0 Å². The van der Waals surface area contributed by atoms with E-state index in [2.05, 4.69) is 15.8 Å². The number of hydrazone groups is 1. The minimum Gasteiger partial charge on any atom is -0.488 e. The fraction of sp³-hybridized carbons (Fsp3) is 0.222. The van der Waals surface area contributed by atoms with E-state index in [0.29, 0.717) is 11.7 Å². The van der Waals surface area contributed by atoms with Gasteiger partial charge < -0.3 is 10.1 Å². The van der Waals surface area contributed by atoms with Crippen LogP contribution in [0.3, 0.4) is 0 Å². The molecule has 2 rings (SSSR count). The van der Waals surface area contributed by atoms with Crippen LogP contribution in [0, 0.1) is 0 Å². The summed E-state index contributed by atoms with van der Waals surface area (Å²) in [4.78, 5) is 0. The second-order valence-electron chi connectivity index (χ2n) is 5.31. The molecule has 0 fully saturated rings. The molecule has 2 N–H and O–H groups in total. The topological polar surface area (TPSA) is 45.7 Å². The molecule has 0 saturated carbocycles. The van der Waals surface area contributed by atoms with Gasteiger partial charge in [0.1, 0.15) is 12.4 Å². The maximum Gasteiger partial charge on any atom is 0.187 e. The largest absolute Gasteiger partial charge is 0.488 e. The SMILES string of the molecule is CC(C)NC(=S)N/N=C/c1ccccc1OCc1ccccc1. The Bertz CT molecular complexity index is 656. The molecule has 2 aromatic carbocycles. The lowest BCUT2D eigenvalue weighted by Crippen LogP contribution is -2.36. The van der Waals surface area contributed by atoms with E-state index in [1.165, 1.54) is 0 Å². The first kappa shape index (κ1) is 17.0. The number of rotatable bonds is 6. The molecule has 0 aliphatic rings. The second-order valence-corrected chi connectivity index (χ2v) is 5.72. The highest BCUT2D eigenvalue weighted by Crippen LogP contribution is 2.17. The zero-order chi connectivity index (χ0) is 16.5. The first-order valence-corrected chi connectivity index (χ1v) is 7.91. The van der Waals surface area contributed by atoms with Crippen molar-refractivity contribution < 1.29 is 4.74 Å². The van der Waals surface area contributed by atoms with Gasteiger partial charge in [0.05, 0.1) is 6.21 Å². The number of thiocarbonyl (C=S) groups is 1. The summed E-state index contributed by atoms with van der Waals surface area (Å²) in [5, 5.41) is 7.72. The number of para-hydroxylation sites is 1. The van der Waals surface area contributed by atoms with Gasteiger partial charge in [0.2, 0.25) is 0 Å². The van der Waals surface area contributed by atoms with E-state index in [4.69, 9.17) is 17.0 Å². The molecule has 4 nitrogen and oxygen atoms in total. The van der Waals surface area contributed by atoms with E-state index in [0.717, 1.165) is 16.9 Å². The third-order valence-electron chi connectivity index (χ3n) is 2.95. The molecule has 0 unspecified atom stereocenters. The molecular weight excluding hydrogens is 306 g/mol. The standard InChI is InChI=1S/C18H21N3OS/c1-14(2)20-18(23)21-19-12-16-10-6-7-11-17(16)22-13-15-8-4-3-5-9-15/h3-12,14H,13H2,1-2H3,(H2,20,21,23)/b19-12+. The normalized spacial score (nSPS) is 10.7. The average molecular weight is 327 g/mol. The highest BCUT2D eigenvalue weighted by Gasteiger charge is 2.01. The maximum atomic E-state index is 5.88. The molecule has 120 valence electrons. The van der Waals surface area contributed by atoms with E-state index in [9.17, 15) is 0 Å². The van der Waals surface area contributed by atoms with Crippen LogP contribution in [0.5, 0.6) is 5.75 Å². The fourth-order valence-electron chi connectivity index (χ4n) is 1.91. The van der Waals surface area contributed by atoms with Gasteiger partial charge in [-0.15, -0.1) is 0 Å². The fourth-order valence-corrected chi connectivity index (χ4v) is 2.20. The Morgan fingerprint density at radius 1 is 1.13 bits per heavy atom. The van der Waals surface area contributed by atoms with Crippen molar-refractivity contribution in [3.63, 3.8) is 0 Å². The molecule has 0 heterocycles. The molecule has 0 saturated heterocycles. The summed E-state index contributed by atoms with van der Waals surface area (Å²) in [6.07, 6.45) is 1.70. The molecule has 0 atom stereocenters. The quantitative estimate of drug-likeness (QED) is 0.484. The van der Waals surface area contributed by atoms with Gasteiger partial charge in [-0.3, -0.25) is 5.43 Å². The van der Waals surface area contributed by atoms with Crippen LogP contribution in [0.4, 0.5) is 0 Å². The summed E-state index contributed by atoms with van der Waals surface area (Å²) in [6.45, 7) is 4.56. The zero-order valence-corrected chi connectivity index (χ0v) is 14.1. The Morgan fingerprint density at radius 3 is 2.57 bits per heavy atom. The molecule has 0 aromatic heterocycles. The summed E-state index contributed by atoms with van der Waals surface area (Å²) in [5.41, 5.74) is 4.81. The summed E-state index contributed by atoms with van der Waals surface area (Å²) < 4.78 is 5.88. The predicted molar refractivity (Wildman–Crippen MR) is 98.8 cm³/mol. The smallest absolute Gasteiger partial charge is 0.187 e. The Balaban J connectivity index is 1.96. The van der Waals surface area contributed by atoms with E-state index in [-0.39, 0.29) is 6.04 Å². The van der Waals surface area contributed by atoms with Gasteiger partial charge in [0.15, 0.2) is 5.11 Å². The third kappa shape index (κ3) is 6.08. The van der Waals surface area contributed by atoms with Crippen molar-refractivity contribution in [2.75, 3.05) is 0 Å². The average Bonchev–Trinajstić information content (AvgIpc) is 2.54. The number of hydrogen-bond donors (Lipinski definition) is 2. The van der Waals surface area contributed by atoms with Crippen LogP contribution in [-0.2, 0) is 6.61 Å². The van der Waals surface area contributed by atoms with Crippen molar-refractivity contribution in [2.24, 2.45) is 5.10 Å². The Labute approximate surface area is 142 Å². The summed E-state index contributed by atoms with van der Waals surface area (Å²) in [6, 6.07) is 18.1.